The first-order chi connectivity index (χ1) is 9.86. The fourth-order valence-electron chi connectivity index (χ4n) is 2.59. The van der Waals surface area contributed by atoms with Crippen LogP contribution in [0.15, 0.2) is 11.4 Å². The maximum Gasteiger partial charge on any atom is 0.158 e. The molecule has 4 nitrogen and oxygen atoms in total. The van der Waals surface area contributed by atoms with Crippen molar-refractivity contribution in [2.24, 2.45) is 0 Å². The van der Waals surface area contributed by atoms with Gasteiger partial charge in [-0.15, -0.1) is 11.3 Å². The van der Waals surface area contributed by atoms with E-state index in [1.807, 2.05) is 0 Å². The van der Waals surface area contributed by atoms with E-state index in [9.17, 15) is 0 Å². The van der Waals surface area contributed by atoms with Crippen LogP contribution < -0.4 is 5.32 Å². The molecule has 1 aliphatic carbocycles. The minimum Gasteiger partial charge on any atom is -0.370 e. The van der Waals surface area contributed by atoms with Gasteiger partial charge in [0.05, 0.1) is 11.5 Å². The number of thiophene rings is 1. The van der Waals surface area contributed by atoms with Crippen molar-refractivity contribution in [2.45, 2.75) is 51.7 Å². The zero-order chi connectivity index (χ0) is 13.8. The summed E-state index contributed by atoms with van der Waals surface area (Å²) < 4.78 is 5.93. The van der Waals surface area contributed by atoms with Crippen LogP contribution in [0.4, 0.5) is 5.82 Å². The van der Waals surface area contributed by atoms with E-state index in [0.717, 1.165) is 34.8 Å². The van der Waals surface area contributed by atoms with Crippen LogP contribution in [-0.4, -0.2) is 22.6 Å². The van der Waals surface area contributed by atoms with E-state index in [-0.39, 0.29) is 0 Å². The molecule has 0 radical (unpaired) electrons. The molecule has 0 spiro atoms. The monoisotopic (exact) mass is 291 g/mol. The zero-order valence-corrected chi connectivity index (χ0v) is 12.7. The first-order valence-corrected chi connectivity index (χ1v) is 8.34. The number of anilines is 1. The molecule has 1 fully saturated rings. The summed E-state index contributed by atoms with van der Waals surface area (Å²) in [5.74, 6) is 1.74. The van der Waals surface area contributed by atoms with Gasteiger partial charge in [-0.25, -0.2) is 9.97 Å². The molecule has 20 heavy (non-hydrogen) atoms. The molecule has 0 saturated heterocycles. The smallest absolute Gasteiger partial charge is 0.158 e. The molecule has 0 bridgehead atoms. The van der Waals surface area contributed by atoms with Crippen LogP contribution in [-0.2, 0) is 11.3 Å². The van der Waals surface area contributed by atoms with Crippen LogP contribution in [0, 0.1) is 0 Å². The highest BCUT2D eigenvalue weighted by Gasteiger charge is 2.16. The molecule has 1 N–H and O–H groups in total. The molecule has 0 amide bonds. The van der Waals surface area contributed by atoms with Gasteiger partial charge in [-0.1, -0.05) is 19.8 Å². The van der Waals surface area contributed by atoms with Crippen LogP contribution in [0.3, 0.4) is 0 Å². The number of nitrogens with one attached hydrogen (secondary N) is 1. The number of fused-ring (bicyclic) bond motifs is 1. The van der Waals surface area contributed by atoms with Crippen LogP contribution in [0.5, 0.6) is 0 Å². The highest BCUT2D eigenvalue weighted by molar-refractivity contribution is 7.16. The van der Waals surface area contributed by atoms with Gasteiger partial charge in [0, 0.05) is 6.54 Å². The predicted octanol–water partition coefficient (Wildman–Crippen LogP) is 3.97. The lowest BCUT2D eigenvalue weighted by Crippen LogP contribution is -2.11. The first kappa shape index (κ1) is 13.8. The summed E-state index contributed by atoms with van der Waals surface area (Å²) in [6, 6.07) is 2.08. The van der Waals surface area contributed by atoms with Crippen molar-refractivity contribution in [3.8, 4) is 0 Å². The Morgan fingerprint density at radius 2 is 2.20 bits per heavy atom. The summed E-state index contributed by atoms with van der Waals surface area (Å²) >= 11 is 1.66. The maximum atomic E-state index is 5.93. The summed E-state index contributed by atoms with van der Waals surface area (Å²) in [5, 5.41) is 6.58. The second-order valence-corrected chi connectivity index (χ2v) is 6.17. The lowest BCUT2D eigenvalue weighted by Gasteiger charge is -2.11. The van der Waals surface area contributed by atoms with E-state index in [2.05, 4.69) is 33.7 Å². The number of hydrogen-bond donors (Lipinski definition) is 1. The summed E-state index contributed by atoms with van der Waals surface area (Å²) in [5.41, 5.74) is 0. The van der Waals surface area contributed by atoms with Crippen LogP contribution in [0.25, 0.3) is 10.2 Å². The predicted molar refractivity (Wildman–Crippen MR) is 83.2 cm³/mol. The van der Waals surface area contributed by atoms with Gasteiger partial charge in [0.15, 0.2) is 5.82 Å². The van der Waals surface area contributed by atoms with Gasteiger partial charge < -0.3 is 10.1 Å². The Morgan fingerprint density at radius 1 is 1.35 bits per heavy atom. The molecule has 2 heterocycles. The molecule has 0 aliphatic heterocycles. The Bertz CT molecular complexity index is 563. The third kappa shape index (κ3) is 3.10. The van der Waals surface area contributed by atoms with Gasteiger partial charge in [-0.05, 0) is 30.7 Å². The molecular formula is C15H21N3OS. The van der Waals surface area contributed by atoms with E-state index in [1.54, 1.807) is 11.3 Å². The summed E-state index contributed by atoms with van der Waals surface area (Å²) in [6.07, 6.45) is 6.44. The quantitative estimate of drug-likeness (QED) is 0.874. The van der Waals surface area contributed by atoms with Crippen molar-refractivity contribution in [3.63, 3.8) is 0 Å². The van der Waals surface area contributed by atoms with Gasteiger partial charge in [0.2, 0.25) is 0 Å². The maximum absolute atomic E-state index is 5.93. The summed E-state index contributed by atoms with van der Waals surface area (Å²) in [6.45, 7) is 3.62. The number of ether oxygens (including phenoxy) is 1. The van der Waals surface area contributed by atoms with Gasteiger partial charge in [0.25, 0.3) is 0 Å². The standard InChI is InChI=1S/C15H21N3OS/c1-2-8-16-14-12-7-9-20-15(12)18-13(17-14)10-19-11-5-3-4-6-11/h7,9,11H,2-6,8,10H2,1H3,(H,16,17,18). The van der Waals surface area contributed by atoms with Crippen molar-refractivity contribution in [1.82, 2.24) is 9.97 Å². The average molecular weight is 291 g/mol. The Balaban J connectivity index is 1.75. The Morgan fingerprint density at radius 3 is 3.00 bits per heavy atom. The molecular weight excluding hydrogens is 270 g/mol. The largest absolute Gasteiger partial charge is 0.370 e. The summed E-state index contributed by atoms with van der Waals surface area (Å²) in [7, 11) is 0. The van der Waals surface area contributed by atoms with Gasteiger partial charge in [0.1, 0.15) is 17.3 Å². The van der Waals surface area contributed by atoms with E-state index in [0.29, 0.717) is 12.7 Å². The van der Waals surface area contributed by atoms with Crippen molar-refractivity contribution >= 4 is 27.4 Å². The normalized spacial score (nSPS) is 16.1. The molecule has 1 aliphatic rings. The average Bonchev–Trinajstić information content (AvgIpc) is 3.13. The van der Waals surface area contributed by atoms with Crippen molar-refractivity contribution in [1.29, 1.82) is 0 Å². The number of rotatable bonds is 6. The van der Waals surface area contributed by atoms with Crippen LogP contribution >= 0.6 is 11.3 Å². The Kier molecular flexibility index (Phi) is 4.47. The summed E-state index contributed by atoms with van der Waals surface area (Å²) in [4.78, 5) is 10.3. The number of hydrogen-bond acceptors (Lipinski definition) is 5. The zero-order valence-electron chi connectivity index (χ0n) is 11.9. The lowest BCUT2D eigenvalue weighted by atomic mass is 10.3. The second kappa shape index (κ2) is 6.50. The third-order valence-electron chi connectivity index (χ3n) is 3.66. The molecule has 0 unspecified atom stereocenters. The fraction of sp³-hybridized carbons (Fsp3) is 0.600. The van der Waals surface area contributed by atoms with Crippen LogP contribution in [0.1, 0.15) is 44.9 Å². The highest BCUT2D eigenvalue weighted by Crippen LogP contribution is 2.26. The minimum atomic E-state index is 0.407. The lowest BCUT2D eigenvalue weighted by molar-refractivity contribution is 0.0419. The van der Waals surface area contributed by atoms with Gasteiger partial charge >= 0.3 is 0 Å². The second-order valence-electron chi connectivity index (χ2n) is 5.27. The molecule has 2 aromatic heterocycles. The van der Waals surface area contributed by atoms with Crippen molar-refractivity contribution < 1.29 is 4.74 Å². The molecule has 0 aromatic carbocycles. The third-order valence-corrected chi connectivity index (χ3v) is 4.47. The van der Waals surface area contributed by atoms with Gasteiger partial charge in [-0.3, -0.25) is 0 Å². The van der Waals surface area contributed by atoms with Gasteiger partial charge in [-0.2, -0.15) is 0 Å². The SMILES string of the molecule is CCCNc1nc(COC2CCCC2)nc2sccc12. The molecule has 5 heteroatoms. The first-order valence-electron chi connectivity index (χ1n) is 7.46. The fourth-order valence-corrected chi connectivity index (χ4v) is 3.37. The molecule has 1 saturated carbocycles. The topological polar surface area (TPSA) is 47.0 Å². The van der Waals surface area contributed by atoms with E-state index < -0.39 is 0 Å². The van der Waals surface area contributed by atoms with Crippen molar-refractivity contribution in [3.05, 3.63) is 17.3 Å². The Hall–Kier alpha value is -1.20. The van der Waals surface area contributed by atoms with Crippen molar-refractivity contribution in [2.75, 3.05) is 11.9 Å². The van der Waals surface area contributed by atoms with Crippen LogP contribution in [0.2, 0.25) is 0 Å². The number of nitrogens with zero attached hydrogens (tertiary/aromatic N) is 2. The Labute approximate surface area is 123 Å². The molecule has 108 valence electrons. The molecule has 0 atom stereocenters. The van der Waals surface area contributed by atoms with E-state index >= 15 is 0 Å². The molecule has 2 aromatic rings. The van der Waals surface area contributed by atoms with E-state index in [4.69, 9.17) is 4.74 Å². The number of aromatic nitrogens is 2. The minimum absolute atomic E-state index is 0.407. The van der Waals surface area contributed by atoms with E-state index in [1.165, 1.54) is 25.7 Å². The highest BCUT2D eigenvalue weighted by atomic mass is 32.1. The molecule has 3 rings (SSSR count).